The fourth-order valence-electron chi connectivity index (χ4n) is 5.39. The van der Waals surface area contributed by atoms with Gasteiger partial charge >= 0.3 is 0 Å². The first-order valence-electron chi connectivity index (χ1n) is 13.9. The van der Waals surface area contributed by atoms with Gasteiger partial charge in [0, 0.05) is 18.2 Å². The molecule has 0 bridgehead atoms. The molecule has 40 heavy (non-hydrogen) atoms. The highest BCUT2D eigenvalue weighted by Gasteiger charge is 2.31. The predicted molar refractivity (Wildman–Crippen MR) is 151 cm³/mol. The summed E-state index contributed by atoms with van der Waals surface area (Å²) in [5.41, 5.74) is 4.17. The monoisotopic (exact) mass is 560 g/mol. The van der Waals surface area contributed by atoms with E-state index in [9.17, 15) is 13.2 Å². The number of nitrogens with zero attached hydrogens (tertiary/aromatic N) is 7. The summed E-state index contributed by atoms with van der Waals surface area (Å²) in [4.78, 5) is 41.6. The number of aromatic nitrogens is 7. The van der Waals surface area contributed by atoms with E-state index in [1.807, 2.05) is 0 Å². The van der Waals surface area contributed by atoms with Crippen LogP contribution >= 0.6 is 0 Å². The van der Waals surface area contributed by atoms with Gasteiger partial charge in [0.15, 0.2) is 27.1 Å². The van der Waals surface area contributed by atoms with Gasteiger partial charge in [-0.05, 0) is 44.2 Å². The van der Waals surface area contributed by atoms with Crippen LogP contribution in [0.15, 0.2) is 40.5 Å². The Kier molecular flexibility index (Phi) is 7.03. The summed E-state index contributed by atoms with van der Waals surface area (Å²) >= 11 is 0. The van der Waals surface area contributed by atoms with Gasteiger partial charge in [-0.3, -0.25) is 14.3 Å². The van der Waals surface area contributed by atoms with Gasteiger partial charge < -0.3 is 5.32 Å². The van der Waals surface area contributed by atoms with Crippen molar-refractivity contribution in [3.63, 3.8) is 0 Å². The molecule has 0 radical (unpaired) electrons. The van der Waals surface area contributed by atoms with Crippen molar-refractivity contribution in [1.82, 2.24) is 34.5 Å². The van der Waals surface area contributed by atoms with E-state index in [4.69, 9.17) is 4.98 Å². The molecule has 0 aromatic carbocycles. The fourth-order valence-corrected chi connectivity index (χ4v) is 6.22. The van der Waals surface area contributed by atoms with E-state index in [-0.39, 0.29) is 34.6 Å². The van der Waals surface area contributed by atoms with E-state index in [1.54, 1.807) is 30.1 Å². The Balaban J connectivity index is 1.39. The Morgan fingerprint density at radius 3 is 2.45 bits per heavy atom. The Bertz CT molecular complexity index is 1730. The molecule has 12 heteroatoms. The number of hydrogen-bond acceptors (Lipinski definition) is 10. The summed E-state index contributed by atoms with van der Waals surface area (Å²) in [6, 6.07) is 3.21. The minimum Gasteiger partial charge on any atom is -0.360 e. The highest BCUT2D eigenvalue weighted by Crippen LogP contribution is 2.43. The summed E-state index contributed by atoms with van der Waals surface area (Å²) < 4.78 is 26.0. The second kappa shape index (κ2) is 10.6. The third kappa shape index (κ3) is 4.96. The van der Waals surface area contributed by atoms with Gasteiger partial charge in [-0.1, -0.05) is 26.7 Å². The third-order valence-corrected chi connectivity index (χ3v) is 9.49. The van der Waals surface area contributed by atoms with Crippen LogP contribution in [-0.2, 0) is 22.8 Å². The van der Waals surface area contributed by atoms with Crippen molar-refractivity contribution in [3.8, 4) is 11.4 Å². The maximum Gasteiger partial charge on any atom is 0.295 e. The van der Waals surface area contributed by atoms with Gasteiger partial charge in [-0.25, -0.2) is 33.3 Å². The van der Waals surface area contributed by atoms with E-state index < -0.39 is 9.84 Å². The maximum absolute atomic E-state index is 13.8. The molecule has 0 saturated heterocycles. The topological polar surface area (TPSA) is 146 Å². The molecular formula is C28H32N8O3S. The van der Waals surface area contributed by atoms with E-state index in [0.717, 1.165) is 61.9 Å². The summed E-state index contributed by atoms with van der Waals surface area (Å²) in [7, 11) is -3.33. The molecular weight excluding hydrogens is 528 g/mol. The molecule has 1 N–H and O–H groups in total. The Morgan fingerprint density at radius 2 is 1.77 bits per heavy atom. The lowest BCUT2D eigenvalue weighted by molar-refractivity contribution is 0.515. The molecule has 2 aliphatic rings. The molecule has 2 fully saturated rings. The summed E-state index contributed by atoms with van der Waals surface area (Å²) in [6.45, 7) is 3.87. The number of pyridine rings is 1. The minimum absolute atomic E-state index is 0.0106. The zero-order valence-corrected chi connectivity index (χ0v) is 23.5. The van der Waals surface area contributed by atoms with E-state index >= 15 is 0 Å². The normalized spacial score (nSPS) is 16.1. The van der Waals surface area contributed by atoms with Crippen LogP contribution in [0.4, 0.5) is 5.82 Å². The van der Waals surface area contributed by atoms with Crippen LogP contribution in [0, 0.1) is 0 Å². The van der Waals surface area contributed by atoms with Crippen LogP contribution in [0.5, 0.6) is 0 Å². The Morgan fingerprint density at radius 1 is 0.975 bits per heavy atom. The summed E-state index contributed by atoms with van der Waals surface area (Å²) in [5.74, 6) is 1.14. The van der Waals surface area contributed by atoms with Gasteiger partial charge in [0.2, 0.25) is 0 Å². The molecule has 4 aromatic heterocycles. The number of hydrogen-bond donors (Lipinski definition) is 1. The molecule has 0 spiro atoms. The summed E-state index contributed by atoms with van der Waals surface area (Å²) in [6.07, 6.45) is 11.5. The number of aryl methyl sites for hydroxylation is 1. The first-order valence-corrected chi connectivity index (χ1v) is 15.6. The van der Waals surface area contributed by atoms with E-state index in [2.05, 4.69) is 37.2 Å². The molecule has 0 unspecified atom stereocenters. The lowest BCUT2D eigenvalue weighted by Gasteiger charge is -2.18. The third-order valence-electron chi connectivity index (χ3n) is 7.77. The van der Waals surface area contributed by atoms with Crippen LogP contribution in [0.3, 0.4) is 0 Å². The van der Waals surface area contributed by atoms with Crippen molar-refractivity contribution < 1.29 is 8.42 Å². The van der Waals surface area contributed by atoms with Crippen molar-refractivity contribution in [1.29, 1.82) is 0 Å². The van der Waals surface area contributed by atoms with Crippen LogP contribution in [-0.4, -0.2) is 48.6 Å². The maximum atomic E-state index is 13.8. The summed E-state index contributed by atoms with van der Waals surface area (Å²) in [5, 5.41) is 3.12. The lowest BCUT2D eigenvalue weighted by atomic mass is 10.1. The molecule has 0 aliphatic heterocycles. The van der Waals surface area contributed by atoms with Crippen molar-refractivity contribution in [2.75, 3.05) is 11.1 Å². The highest BCUT2D eigenvalue weighted by molar-refractivity contribution is 7.91. The van der Waals surface area contributed by atoms with Crippen LogP contribution < -0.4 is 10.9 Å². The van der Waals surface area contributed by atoms with Crippen molar-refractivity contribution in [3.05, 3.63) is 58.3 Å². The molecule has 4 heterocycles. The molecule has 0 amide bonds. The Labute approximate surface area is 232 Å². The molecule has 2 aliphatic carbocycles. The van der Waals surface area contributed by atoms with Crippen molar-refractivity contribution >= 4 is 26.8 Å². The number of nitrogens with one attached hydrogen (secondary N) is 1. The molecule has 2 saturated carbocycles. The van der Waals surface area contributed by atoms with Gasteiger partial charge in [-0.15, -0.1) is 0 Å². The zero-order chi connectivity index (χ0) is 27.9. The lowest BCUT2D eigenvalue weighted by Crippen LogP contribution is -2.29. The van der Waals surface area contributed by atoms with Crippen LogP contribution in [0.1, 0.15) is 81.4 Å². The first kappa shape index (κ1) is 26.4. The predicted octanol–water partition coefficient (Wildman–Crippen LogP) is 4.00. The smallest absolute Gasteiger partial charge is 0.295 e. The first-order chi connectivity index (χ1) is 19.4. The van der Waals surface area contributed by atoms with E-state index in [1.165, 1.54) is 12.3 Å². The highest BCUT2D eigenvalue weighted by atomic mass is 32.2. The zero-order valence-electron chi connectivity index (χ0n) is 22.7. The minimum atomic E-state index is -3.33. The standard InChI is InChI=1S/C28H32N8O3S/c1-3-21-23(24(17-9-10-17)33-16-32-21)25-31-15-22-27(35-25)36(19-7-5-6-8-19)28(37)26(34-22)30-13-18-11-12-20(14-29-18)40(38,39)4-2/h11-12,14-17,19H,3-10,13H2,1-2H3,(H,30,34). The number of anilines is 1. The molecule has 6 rings (SSSR count). The van der Waals surface area contributed by atoms with Gasteiger partial charge in [0.25, 0.3) is 5.56 Å². The second-order valence-corrected chi connectivity index (χ2v) is 12.7. The van der Waals surface area contributed by atoms with Gasteiger partial charge in [-0.2, -0.15) is 0 Å². The number of rotatable bonds is 9. The molecule has 208 valence electrons. The fraction of sp³-hybridized carbons (Fsp3) is 0.464. The van der Waals surface area contributed by atoms with Gasteiger partial charge in [0.05, 0.1) is 46.0 Å². The number of sulfone groups is 1. The average Bonchev–Trinajstić information content (AvgIpc) is 3.69. The van der Waals surface area contributed by atoms with Crippen LogP contribution in [0.2, 0.25) is 0 Å². The quantitative estimate of drug-likeness (QED) is 0.319. The Hall–Kier alpha value is -3.80. The van der Waals surface area contributed by atoms with Gasteiger partial charge in [0.1, 0.15) is 11.8 Å². The molecule has 11 nitrogen and oxygen atoms in total. The van der Waals surface area contributed by atoms with Crippen molar-refractivity contribution in [2.45, 2.75) is 82.2 Å². The molecule has 4 aromatic rings. The largest absolute Gasteiger partial charge is 0.360 e. The molecule has 0 atom stereocenters. The van der Waals surface area contributed by atoms with E-state index in [0.29, 0.717) is 28.6 Å². The SMILES string of the molecule is CCc1ncnc(C2CC2)c1-c1ncc2nc(NCc3ccc(S(=O)(=O)CC)cn3)c(=O)n(C3CCCC3)c2n1. The second-order valence-electron chi connectivity index (χ2n) is 10.4. The average molecular weight is 561 g/mol. The number of fused-ring (bicyclic) bond motifs is 1. The van der Waals surface area contributed by atoms with Crippen molar-refractivity contribution in [2.24, 2.45) is 0 Å². The van der Waals surface area contributed by atoms with Crippen LogP contribution in [0.25, 0.3) is 22.6 Å².